The van der Waals surface area contributed by atoms with Gasteiger partial charge in [0.25, 0.3) is 0 Å². The predicted molar refractivity (Wildman–Crippen MR) is 72.8 cm³/mol. The highest BCUT2D eigenvalue weighted by Crippen LogP contribution is 2.05. The van der Waals surface area contributed by atoms with Crippen LogP contribution in [0.4, 0.5) is 0 Å². The maximum absolute atomic E-state index is 12.2. The average Bonchev–Trinajstić information content (AvgIpc) is 2.75. The summed E-state index contributed by atoms with van der Waals surface area (Å²) in [5.74, 6) is -0.647. The van der Waals surface area contributed by atoms with Crippen LogP contribution in [-0.4, -0.2) is 85.4 Å². The molecule has 0 aliphatic carbocycles. The first-order chi connectivity index (χ1) is 9.22. The van der Waals surface area contributed by atoms with Crippen molar-refractivity contribution < 1.29 is 9.59 Å². The molecule has 2 amide bonds. The van der Waals surface area contributed by atoms with Crippen LogP contribution in [0.5, 0.6) is 0 Å². The number of hydrogen-bond acceptors (Lipinski definition) is 4. The highest BCUT2D eigenvalue weighted by atomic mass is 16.2. The molecule has 2 fully saturated rings. The molecule has 108 valence electrons. The van der Waals surface area contributed by atoms with E-state index in [1.54, 1.807) is 9.80 Å². The van der Waals surface area contributed by atoms with Crippen molar-refractivity contribution in [3.05, 3.63) is 0 Å². The zero-order valence-corrected chi connectivity index (χ0v) is 11.7. The fourth-order valence-electron chi connectivity index (χ4n) is 2.59. The van der Waals surface area contributed by atoms with Crippen LogP contribution in [0.15, 0.2) is 0 Å². The van der Waals surface area contributed by atoms with E-state index in [9.17, 15) is 9.59 Å². The lowest BCUT2D eigenvalue weighted by molar-refractivity contribution is -0.152. The molecule has 2 aliphatic rings. The monoisotopic (exact) mass is 268 g/mol. The first-order valence-electron chi connectivity index (χ1n) is 7.23. The zero-order valence-electron chi connectivity index (χ0n) is 11.7. The van der Waals surface area contributed by atoms with Gasteiger partial charge in [-0.05, 0) is 19.5 Å². The Kier molecular flexibility index (Phi) is 5.15. The summed E-state index contributed by atoms with van der Waals surface area (Å²) < 4.78 is 0. The number of hydrogen-bond donors (Lipinski definition) is 1. The Morgan fingerprint density at radius 2 is 1.53 bits per heavy atom. The Bertz CT molecular complexity index is 319. The van der Waals surface area contributed by atoms with Crippen LogP contribution in [0.1, 0.15) is 13.3 Å². The van der Waals surface area contributed by atoms with E-state index in [0.717, 1.165) is 39.1 Å². The van der Waals surface area contributed by atoms with Gasteiger partial charge in [0.15, 0.2) is 0 Å². The molecule has 0 aromatic carbocycles. The van der Waals surface area contributed by atoms with Gasteiger partial charge in [0, 0.05) is 45.8 Å². The van der Waals surface area contributed by atoms with Crippen LogP contribution in [0.3, 0.4) is 0 Å². The minimum atomic E-state index is -0.325. The molecule has 0 atom stereocenters. The number of nitrogens with zero attached hydrogens (tertiary/aromatic N) is 3. The molecule has 19 heavy (non-hydrogen) atoms. The molecule has 0 radical (unpaired) electrons. The number of amides is 2. The summed E-state index contributed by atoms with van der Waals surface area (Å²) in [6.07, 6.45) is 0.919. The molecule has 2 rings (SSSR count). The van der Waals surface area contributed by atoms with Crippen molar-refractivity contribution >= 4 is 11.8 Å². The first kappa shape index (κ1) is 14.3. The molecule has 6 nitrogen and oxygen atoms in total. The lowest BCUT2D eigenvalue weighted by Crippen LogP contribution is -2.53. The third-order valence-corrected chi connectivity index (χ3v) is 3.92. The standard InChI is InChI=1S/C13H24N4O2/c1-2-15-8-10-17(11-9-15)13(19)12(18)16-6-3-4-14-5-7-16/h14H,2-11H2,1H3. The van der Waals surface area contributed by atoms with Gasteiger partial charge in [-0.15, -0.1) is 0 Å². The summed E-state index contributed by atoms with van der Waals surface area (Å²) in [5.41, 5.74) is 0. The second-order valence-corrected chi connectivity index (χ2v) is 5.12. The molecular weight excluding hydrogens is 244 g/mol. The molecule has 2 saturated heterocycles. The van der Waals surface area contributed by atoms with Gasteiger partial charge < -0.3 is 20.0 Å². The lowest BCUT2D eigenvalue weighted by Gasteiger charge is -2.34. The van der Waals surface area contributed by atoms with E-state index in [0.29, 0.717) is 26.2 Å². The van der Waals surface area contributed by atoms with Gasteiger partial charge >= 0.3 is 11.8 Å². The van der Waals surface area contributed by atoms with Gasteiger partial charge in [0.05, 0.1) is 0 Å². The minimum Gasteiger partial charge on any atom is -0.333 e. The molecule has 6 heteroatoms. The highest BCUT2D eigenvalue weighted by Gasteiger charge is 2.29. The predicted octanol–water partition coefficient (Wildman–Crippen LogP) is -1.03. The van der Waals surface area contributed by atoms with Crippen LogP contribution < -0.4 is 5.32 Å². The Balaban J connectivity index is 1.86. The summed E-state index contributed by atoms with van der Waals surface area (Å²) in [4.78, 5) is 30.1. The average molecular weight is 268 g/mol. The van der Waals surface area contributed by atoms with Crippen LogP contribution in [-0.2, 0) is 9.59 Å². The number of rotatable bonds is 1. The van der Waals surface area contributed by atoms with Crippen molar-refractivity contribution in [3.8, 4) is 0 Å². The van der Waals surface area contributed by atoms with E-state index >= 15 is 0 Å². The molecule has 0 spiro atoms. The van der Waals surface area contributed by atoms with E-state index in [-0.39, 0.29) is 11.8 Å². The fourth-order valence-corrected chi connectivity index (χ4v) is 2.59. The largest absolute Gasteiger partial charge is 0.333 e. The van der Waals surface area contributed by atoms with E-state index in [2.05, 4.69) is 17.1 Å². The molecule has 0 saturated carbocycles. The Hall–Kier alpha value is -1.14. The van der Waals surface area contributed by atoms with Gasteiger partial charge in [-0.3, -0.25) is 9.59 Å². The Morgan fingerprint density at radius 3 is 2.16 bits per heavy atom. The summed E-state index contributed by atoms with van der Waals surface area (Å²) in [7, 11) is 0. The topological polar surface area (TPSA) is 55.9 Å². The summed E-state index contributed by atoms with van der Waals surface area (Å²) in [6.45, 7) is 9.24. The van der Waals surface area contributed by atoms with E-state index in [1.165, 1.54) is 0 Å². The number of carbonyl (C=O) groups is 2. The molecule has 1 N–H and O–H groups in total. The van der Waals surface area contributed by atoms with Crippen molar-refractivity contribution in [1.29, 1.82) is 0 Å². The van der Waals surface area contributed by atoms with Gasteiger partial charge in [-0.25, -0.2) is 0 Å². The summed E-state index contributed by atoms with van der Waals surface area (Å²) in [5, 5.41) is 3.24. The molecule has 0 bridgehead atoms. The lowest BCUT2D eigenvalue weighted by atomic mass is 10.3. The molecule has 2 aliphatic heterocycles. The number of piperazine rings is 1. The second-order valence-electron chi connectivity index (χ2n) is 5.12. The van der Waals surface area contributed by atoms with Crippen LogP contribution in [0.2, 0.25) is 0 Å². The number of nitrogens with one attached hydrogen (secondary N) is 1. The third-order valence-electron chi connectivity index (χ3n) is 3.92. The SMILES string of the molecule is CCN1CCN(C(=O)C(=O)N2CCCNCC2)CC1. The van der Waals surface area contributed by atoms with Gasteiger partial charge in [-0.1, -0.05) is 6.92 Å². The first-order valence-corrected chi connectivity index (χ1v) is 7.23. The zero-order chi connectivity index (χ0) is 13.7. The minimum absolute atomic E-state index is 0.322. The highest BCUT2D eigenvalue weighted by molar-refractivity contribution is 6.34. The van der Waals surface area contributed by atoms with Crippen molar-refractivity contribution in [2.24, 2.45) is 0 Å². The van der Waals surface area contributed by atoms with Crippen LogP contribution in [0, 0.1) is 0 Å². The molecule has 0 aromatic rings. The maximum atomic E-state index is 12.2. The Morgan fingerprint density at radius 1 is 0.895 bits per heavy atom. The summed E-state index contributed by atoms with van der Waals surface area (Å²) >= 11 is 0. The second kappa shape index (κ2) is 6.86. The van der Waals surface area contributed by atoms with Crippen LogP contribution >= 0.6 is 0 Å². The molecular formula is C13H24N4O2. The third kappa shape index (κ3) is 3.67. The number of likely N-dealkylation sites (N-methyl/N-ethyl adjacent to an activating group) is 1. The van der Waals surface area contributed by atoms with Gasteiger partial charge in [0.1, 0.15) is 0 Å². The molecule has 2 heterocycles. The van der Waals surface area contributed by atoms with Gasteiger partial charge in [0.2, 0.25) is 0 Å². The van der Waals surface area contributed by atoms with Crippen molar-refractivity contribution in [2.75, 3.05) is 58.9 Å². The quantitative estimate of drug-likeness (QED) is 0.618. The normalized spacial score (nSPS) is 22.2. The summed E-state index contributed by atoms with van der Waals surface area (Å²) in [6, 6.07) is 0. The van der Waals surface area contributed by atoms with E-state index < -0.39 is 0 Å². The van der Waals surface area contributed by atoms with E-state index in [1.807, 2.05) is 0 Å². The molecule has 0 aromatic heterocycles. The van der Waals surface area contributed by atoms with Crippen LogP contribution in [0.25, 0.3) is 0 Å². The van der Waals surface area contributed by atoms with Crippen molar-refractivity contribution in [1.82, 2.24) is 20.0 Å². The fraction of sp³-hybridized carbons (Fsp3) is 0.846. The van der Waals surface area contributed by atoms with Crippen molar-refractivity contribution in [2.45, 2.75) is 13.3 Å². The van der Waals surface area contributed by atoms with Crippen molar-refractivity contribution in [3.63, 3.8) is 0 Å². The number of carbonyl (C=O) groups excluding carboxylic acids is 2. The smallest absolute Gasteiger partial charge is 0.312 e. The maximum Gasteiger partial charge on any atom is 0.312 e. The molecule has 0 unspecified atom stereocenters. The Labute approximate surface area is 114 Å². The van der Waals surface area contributed by atoms with E-state index in [4.69, 9.17) is 0 Å². The van der Waals surface area contributed by atoms with Gasteiger partial charge in [-0.2, -0.15) is 0 Å².